The molecule has 32 heavy (non-hydrogen) atoms. The monoisotopic (exact) mass is 547 g/mol. The minimum atomic E-state index is -2.58. The van der Waals surface area contributed by atoms with Gasteiger partial charge in [-0.2, -0.15) is 0 Å². The van der Waals surface area contributed by atoms with Crippen LogP contribution in [0.1, 0.15) is 101 Å². The van der Waals surface area contributed by atoms with Crippen LogP contribution in [0.4, 0.5) is 0 Å². The summed E-state index contributed by atoms with van der Waals surface area (Å²) in [5, 5.41) is 0. The normalized spacial score (nSPS) is 16.8. The van der Waals surface area contributed by atoms with Gasteiger partial charge in [-0.05, 0) is 0 Å². The maximum atomic E-state index is 6.78. The second-order valence-corrected chi connectivity index (χ2v) is 21.1. The zero-order chi connectivity index (χ0) is 24.2. The maximum absolute atomic E-state index is 6.78. The van der Waals surface area contributed by atoms with E-state index in [1.165, 1.54) is 44.5 Å². The van der Waals surface area contributed by atoms with Crippen molar-refractivity contribution in [2.75, 3.05) is 0 Å². The van der Waals surface area contributed by atoms with Crippen molar-refractivity contribution in [3.8, 4) is 11.1 Å². The molecule has 0 aliphatic heterocycles. The molecule has 0 spiro atoms. The number of rotatable bonds is 3. The van der Waals surface area contributed by atoms with Crippen LogP contribution in [0.3, 0.4) is 0 Å². The number of halogens is 2. The Hall–Kier alpha value is -0.357. The standard InChI is InChI=1S/C29H39.2ClH.Zr/c1-11-19-12-13-20-14-24(29(8,9)10)18-25(20)26(19)21-15-22(27(2,3)4)17-23(16-21)28(5,6)7;;;/h12-18H,11H2,1-10H3;2*1H;/q;;;+2/p-2. The van der Waals surface area contributed by atoms with Crippen LogP contribution in [0.2, 0.25) is 0 Å². The van der Waals surface area contributed by atoms with Crippen LogP contribution in [-0.4, -0.2) is 0 Å². The Labute approximate surface area is 211 Å². The molecule has 3 heteroatoms. The number of allylic oxidation sites excluding steroid dienone is 1. The molecule has 2 aromatic carbocycles. The third kappa shape index (κ3) is 5.16. The predicted octanol–water partition coefficient (Wildman–Crippen LogP) is 9.92. The summed E-state index contributed by atoms with van der Waals surface area (Å²) < 4.78 is 0.230. The van der Waals surface area contributed by atoms with Crippen LogP contribution < -0.4 is 0 Å². The van der Waals surface area contributed by atoms with Crippen LogP contribution in [0.15, 0.2) is 35.9 Å². The Morgan fingerprint density at radius 1 is 0.781 bits per heavy atom. The molecule has 1 aliphatic carbocycles. The summed E-state index contributed by atoms with van der Waals surface area (Å²) in [6.45, 7) is 23.0. The van der Waals surface area contributed by atoms with Crippen molar-refractivity contribution in [2.24, 2.45) is 5.41 Å². The fourth-order valence-corrected chi connectivity index (χ4v) is 10.5. The van der Waals surface area contributed by atoms with E-state index in [1.54, 1.807) is 0 Å². The molecule has 0 aromatic heterocycles. The fourth-order valence-electron chi connectivity index (χ4n) is 4.65. The molecule has 0 radical (unpaired) electrons. The molecule has 1 atom stereocenters. The topological polar surface area (TPSA) is 0 Å². The summed E-state index contributed by atoms with van der Waals surface area (Å²) in [4.78, 5) is 0. The quantitative estimate of drug-likeness (QED) is 0.357. The number of benzene rings is 2. The first-order chi connectivity index (χ1) is 14.6. The predicted molar refractivity (Wildman–Crippen MR) is 141 cm³/mol. The Bertz CT molecular complexity index is 1010. The molecule has 0 amide bonds. The van der Waals surface area contributed by atoms with Gasteiger partial charge in [0.05, 0.1) is 0 Å². The van der Waals surface area contributed by atoms with Gasteiger partial charge in [-0.15, -0.1) is 0 Å². The van der Waals surface area contributed by atoms with Crippen LogP contribution in [0.25, 0.3) is 17.2 Å². The first-order valence-corrected chi connectivity index (χ1v) is 19.5. The average Bonchev–Trinajstić information content (AvgIpc) is 3.05. The van der Waals surface area contributed by atoms with Crippen molar-refractivity contribution in [2.45, 2.75) is 90.1 Å². The Balaban J connectivity index is 2.39. The van der Waals surface area contributed by atoms with E-state index >= 15 is 0 Å². The third-order valence-corrected chi connectivity index (χ3v) is 11.9. The van der Waals surface area contributed by atoms with Gasteiger partial charge in [0.15, 0.2) is 0 Å². The molecule has 1 aliphatic rings. The van der Waals surface area contributed by atoms with Crippen molar-refractivity contribution < 1.29 is 19.4 Å². The van der Waals surface area contributed by atoms with E-state index in [4.69, 9.17) is 17.0 Å². The number of fused-ring (bicyclic) bond motifs is 1. The fraction of sp³-hybridized carbons (Fsp3) is 0.517. The van der Waals surface area contributed by atoms with Gasteiger partial charge in [0.2, 0.25) is 0 Å². The van der Waals surface area contributed by atoms with Gasteiger partial charge in [-0.25, -0.2) is 0 Å². The second-order valence-electron chi connectivity index (χ2n) is 12.3. The van der Waals surface area contributed by atoms with Gasteiger partial charge in [-0.1, -0.05) is 0 Å². The summed E-state index contributed by atoms with van der Waals surface area (Å²) in [6, 6.07) is 11.9. The van der Waals surface area contributed by atoms with Gasteiger partial charge < -0.3 is 0 Å². The summed E-state index contributed by atoms with van der Waals surface area (Å²) in [6.07, 6.45) is 3.43. The summed E-state index contributed by atoms with van der Waals surface area (Å²) in [5.41, 5.74) is 11.2. The van der Waals surface area contributed by atoms with Crippen molar-refractivity contribution >= 4 is 23.1 Å². The van der Waals surface area contributed by atoms with Crippen LogP contribution >= 0.6 is 17.0 Å². The van der Waals surface area contributed by atoms with Gasteiger partial charge in [0.1, 0.15) is 0 Å². The minimum absolute atomic E-state index is 0.0484. The molecule has 1 unspecified atom stereocenters. The number of hydrogen-bond acceptors (Lipinski definition) is 0. The van der Waals surface area contributed by atoms with Crippen molar-refractivity contribution in [3.05, 3.63) is 63.7 Å². The van der Waals surface area contributed by atoms with Crippen LogP contribution in [0.5, 0.6) is 0 Å². The third-order valence-electron chi connectivity index (χ3n) is 6.71. The van der Waals surface area contributed by atoms with Gasteiger partial charge in [-0.3, -0.25) is 0 Å². The van der Waals surface area contributed by atoms with E-state index in [9.17, 15) is 0 Å². The van der Waals surface area contributed by atoms with Crippen molar-refractivity contribution in [1.82, 2.24) is 0 Å². The average molecular weight is 550 g/mol. The molecular formula is C29H39Cl2Zr. The van der Waals surface area contributed by atoms with Crippen molar-refractivity contribution in [3.63, 3.8) is 0 Å². The molecule has 0 nitrogen and oxygen atoms in total. The summed E-state index contributed by atoms with van der Waals surface area (Å²) >= 11 is -2.58. The van der Waals surface area contributed by atoms with E-state index in [0.29, 0.717) is 0 Å². The first kappa shape index (κ1) is 26.3. The zero-order valence-electron chi connectivity index (χ0n) is 21.5. The van der Waals surface area contributed by atoms with Gasteiger partial charge in [0, 0.05) is 0 Å². The molecule has 0 saturated carbocycles. The molecule has 3 rings (SSSR count). The Morgan fingerprint density at radius 3 is 1.72 bits per heavy atom. The van der Waals surface area contributed by atoms with Crippen LogP contribution in [-0.2, 0) is 36.6 Å². The van der Waals surface area contributed by atoms with E-state index in [2.05, 4.69) is 106 Å². The number of aryl methyl sites for hydroxylation is 1. The van der Waals surface area contributed by atoms with E-state index in [1.807, 2.05) is 0 Å². The molecule has 173 valence electrons. The van der Waals surface area contributed by atoms with Crippen molar-refractivity contribution in [1.29, 1.82) is 0 Å². The molecular weight excluding hydrogens is 510 g/mol. The number of hydrogen-bond donors (Lipinski definition) is 0. The van der Waals surface area contributed by atoms with E-state index in [0.717, 1.165) is 6.42 Å². The SMILES string of the molecule is CCc1ccc2c(c1-c1cc(C(C)(C)C)cc(C(C)(C)C)c1)C=C(C(C)(C)C)[CH]2[Zr]([Cl])[Cl]. The summed E-state index contributed by atoms with van der Waals surface area (Å²) in [5.74, 6) is 0. The molecule has 2 aromatic rings. The van der Waals surface area contributed by atoms with E-state index in [-0.39, 0.29) is 19.9 Å². The second kappa shape index (κ2) is 9.02. The molecule has 0 heterocycles. The van der Waals surface area contributed by atoms with Crippen LogP contribution in [0, 0.1) is 5.41 Å². The first-order valence-electron chi connectivity index (χ1n) is 11.8. The van der Waals surface area contributed by atoms with Gasteiger partial charge >= 0.3 is 213 Å². The Kier molecular flexibility index (Phi) is 7.40. The van der Waals surface area contributed by atoms with E-state index < -0.39 is 19.4 Å². The molecule has 0 fully saturated rings. The van der Waals surface area contributed by atoms with Gasteiger partial charge in [0.25, 0.3) is 0 Å². The molecule has 0 saturated heterocycles. The molecule has 0 N–H and O–H groups in total. The Morgan fingerprint density at radius 2 is 1.31 bits per heavy atom. The zero-order valence-corrected chi connectivity index (χ0v) is 25.5. The summed E-state index contributed by atoms with van der Waals surface area (Å²) in [7, 11) is 13.6. The molecule has 0 bridgehead atoms.